The second-order valence-electron chi connectivity index (χ2n) is 5.05. The fraction of sp³-hybridized carbons (Fsp3) is 0.176. The standard InChI is InChI=1S/C17H16INO4/c18-13-8-4-5-11(9-13)10-14(17(22)23)19-16(21)15(20)12-6-2-1-3-7-12/h1-9,14-15,20H,10H2,(H,19,21)(H,22,23)/t14-,15+/m1/s1. The molecule has 0 unspecified atom stereocenters. The lowest BCUT2D eigenvalue weighted by molar-refractivity contribution is -0.143. The van der Waals surface area contributed by atoms with Crippen molar-refractivity contribution < 1.29 is 19.8 Å². The number of aliphatic hydroxyl groups excluding tert-OH is 1. The molecule has 23 heavy (non-hydrogen) atoms. The van der Waals surface area contributed by atoms with Crippen molar-refractivity contribution in [3.63, 3.8) is 0 Å². The zero-order valence-electron chi connectivity index (χ0n) is 12.1. The Morgan fingerprint density at radius 1 is 1.09 bits per heavy atom. The molecule has 0 aliphatic heterocycles. The summed E-state index contributed by atoms with van der Waals surface area (Å²) in [5, 5.41) is 21.7. The van der Waals surface area contributed by atoms with E-state index >= 15 is 0 Å². The lowest BCUT2D eigenvalue weighted by Gasteiger charge is -2.17. The number of carboxylic acid groups (broad SMARTS) is 1. The van der Waals surface area contributed by atoms with Gasteiger partial charge in [-0.25, -0.2) is 4.79 Å². The fourth-order valence-electron chi connectivity index (χ4n) is 2.14. The second-order valence-corrected chi connectivity index (χ2v) is 6.29. The number of amides is 1. The van der Waals surface area contributed by atoms with Crippen LogP contribution >= 0.6 is 22.6 Å². The Labute approximate surface area is 147 Å². The third-order valence-corrected chi connectivity index (χ3v) is 3.98. The van der Waals surface area contributed by atoms with E-state index in [4.69, 9.17) is 0 Å². The van der Waals surface area contributed by atoms with E-state index in [1.807, 2.05) is 18.2 Å². The summed E-state index contributed by atoms with van der Waals surface area (Å²) >= 11 is 2.14. The van der Waals surface area contributed by atoms with E-state index in [1.165, 1.54) is 0 Å². The molecule has 0 spiro atoms. The Balaban J connectivity index is 2.07. The molecule has 0 aromatic heterocycles. The summed E-state index contributed by atoms with van der Waals surface area (Å²) in [6, 6.07) is 14.7. The summed E-state index contributed by atoms with van der Waals surface area (Å²) < 4.78 is 0.986. The number of halogens is 1. The van der Waals surface area contributed by atoms with Crippen LogP contribution in [0.4, 0.5) is 0 Å². The molecule has 120 valence electrons. The van der Waals surface area contributed by atoms with E-state index in [0.717, 1.165) is 9.13 Å². The number of carbonyl (C=O) groups excluding carboxylic acids is 1. The minimum absolute atomic E-state index is 0.152. The van der Waals surface area contributed by atoms with Crippen LogP contribution in [0.1, 0.15) is 17.2 Å². The number of hydrogen-bond acceptors (Lipinski definition) is 3. The Bertz CT molecular complexity index is 690. The highest BCUT2D eigenvalue weighted by Gasteiger charge is 2.25. The van der Waals surface area contributed by atoms with Gasteiger partial charge in [-0.3, -0.25) is 4.79 Å². The number of carbonyl (C=O) groups is 2. The van der Waals surface area contributed by atoms with Crippen LogP contribution in [0.5, 0.6) is 0 Å². The smallest absolute Gasteiger partial charge is 0.326 e. The van der Waals surface area contributed by atoms with Crippen LogP contribution in [-0.4, -0.2) is 28.1 Å². The van der Waals surface area contributed by atoms with Crippen molar-refractivity contribution in [1.29, 1.82) is 0 Å². The molecule has 0 fully saturated rings. The lowest BCUT2D eigenvalue weighted by Crippen LogP contribution is -2.44. The molecule has 5 nitrogen and oxygen atoms in total. The molecule has 1 amide bonds. The summed E-state index contributed by atoms with van der Waals surface area (Å²) in [6.07, 6.45) is -1.24. The molecule has 0 aliphatic carbocycles. The van der Waals surface area contributed by atoms with Crippen LogP contribution in [0.15, 0.2) is 54.6 Å². The Kier molecular flexibility index (Phi) is 6.12. The van der Waals surface area contributed by atoms with Crippen molar-refractivity contribution in [3.8, 4) is 0 Å². The zero-order chi connectivity index (χ0) is 16.8. The van der Waals surface area contributed by atoms with Gasteiger partial charge in [-0.1, -0.05) is 42.5 Å². The van der Waals surface area contributed by atoms with Gasteiger partial charge in [0.15, 0.2) is 6.10 Å². The van der Waals surface area contributed by atoms with Gasteiger partial charge in [0.2, 0.25) is 0 Å². The van der Waals surface area contributed by atoms with E-state index < -0.39 is 24.0 Å². The average molecular weight is 425 g/mol. The summed E-state index contributed by atoms with van der Waals surface area (Å²) in [5.74, 6) is -1.87. The summed E-state index contributed by atoms with van der Waals surface area (Å²) in [7, 11) is 0. The first-order chi connectivity index (χ1) is 11.0. The quantitative estimate of drug-likeness (QED) is 0.620. The van der Waals surface area contributed by atoms with Crippen LogP contribution in [0, 0.1) is 3.57 Å². The Morgan fingerprint density at radius 2 is 1.78 bits per heavy atom. The van der Waals surface area contributed by atoms with Gasteiger partial charge < -0.3 is 15.5 Å². The molecular formula is C17H16INO4. The summed E-state index contributed by atoms with van der Waals surface area (Å²) in [6.45, 7) is 0. The highest BCUT2D eigenvalue weighted by molar-refractivity contribution is 14.1. The predicted molar refractivity (Wildman–Crippen MR) is 93.8 cm³/mol. The monoisotopic (exact) mass is 425 g/mol. The van der Waals surface area contributed by atoms with Crippen LogP contribution < -0.4 is 5.32 Å². The van der Waals surface area contributed by atoms with E-state index in [2.05, 4.69) is 27.9 Å². The molecule has 6 heteroatoms. The van der Waals surface area contributed by atoms with Crippen molar-refractivity contribution in [2.75, 3.05) is 0 Å². The number of rotatable bonds is 6. The van der Waals surface area contributed by atoms with Crippen molar-refractivity contribution in [2.45, 2.75) is 18.6 Å². The number of aliphatic carboxylic acids is 1. The summed E-state index contributed by atoms with van der Waals surface area (Å²) in [5.41, 5.74) is 1.22. The van der Waals surface area contributed by atoms with Crippen LogP contribution in [0.2, 0.25) is 0 Å². The Hall–Kier alpha value is -1.93. The maximum absolute atomic E-state index is 12.1. The van der Waals surface area contributed by atoms with Gasteiger partial charge in [-0.15, -0.1) is 0 Å². The van der Waals surface area contributed by atoms with Gasteiger partial charge in [0, 0.05) is 9.99 Å². The van der Waals surface area contributed by atoms with Crippen molar-refractivity contribution >= 4 is 34.5 Å². The SMILES string of the molecule is O=C(N[C@H](Cc1cccc(I)c1)C(=O)O)[C@@H](O)c1ccccc1. The van der Waals surface area contributed by atoms with Gasteiger partial charge in [0.25, 0.3) is 5.91 Å². The molecule has 2 rings (SSSR count). The van der Waals surface area contributed by atoms with E-state index in [-0.39, 0.29) is 6.42 Å². The largest absolute Gasteiger partial charge is 0.480 e. The maximum atomic E-state index is 12.1. The van der Waals surface area contributed by atoms with E-state index in [1.54, 1.807) is 36.4 Å². The second kappa shape index (κ2) is 8.07. The van der Waals surface area contributed by atoms with Gasteiger partial charge in [0.05, 0.1) is 0 Å². The van der Waals surface area contributed by atoms with Crippen LogP contribution in [-0.2, 0) is 16.0 Å². The minimum Gasteiger partial charge on any atom is -0.480 e. The average Bonchev–Trinajstić information content (AvgIpc) is 2.54. The number of carboxylic acids is 1. The third kappa shape index (κ3) is 5.04. The minimum atomic E-state index is -1.39. The molecule has 3 N–H and O–H groups in total. The molecule has 0 heterocycles. The number of benzene rings is 2. The van der Waals surface area contributed by atoms with Crippen molar-refractivity contribution in [1.82, 2.24) is 5.32 Å². The Morgan fingerprint density at radius 3 is 2.39 bits per heavy atom. The fourth-order valence-corrected chi connectivity index (χ4v) is 2.74. The third-order valence-electron chi connectivity index (χ3n) is 3.31. The molecular weight excluding hydrogens is 409 g/mol. The van der Waals surface area contributed by atoms with E-state index in [0.29, 0.717) is 5.56 Å². The van der Waals surface area contributed by atoms with E-state index in [9.17, 15) is 19.8 Å². The number of nitrogens with one attached hydrogen (secondary N) is 1. The van der Waals surface area contributed by atoms with Gasteiger partial charge in [-0.05, 0) is 45.9 Å². The van der Waals surface area contributed by atoms with Crippen LogP contribution in [0.3, 0.4) is 0 Å². The maximum Gasteiger partial charge on any atom is 0.326 e. The van der Waals surface area contributed by atoms with Crippen molar-refractivity contribution in [3.05, 3.63) is 69.3 Å². The molecule has 0 bridgehead atoms. The predicted octanol–water partition coefficient (Wildman–Crippen LogP) is 2.14. The molecule has 0 saturated carbocycles. The topological polar surface area (TPSA) is 86.6 Å². The van der Waals surface area contributed by atoms with Gasteiger partial charge >= 0.3 is 5.97 Å². The molecule has 2 atom stereocenters. The molecule has 2 aromatic rings. The first-order valence-electron chi connectivity index (χ1n) is 6.98. The normalized spacial score (nSPS) is 13.1. The van der Waals surface area contributed by atoms with Gasteiger partial charge in [0.1, 0.15) is 6.04 Å². The lowest BCUT2D eigenvalue weighted by atomic mass is 10.0. The first-order valence-corrected chi connectivity index (χ1v) is 8.06. The van der Waals surface area contributed by atoms with Crippen LogP contribution in [0.25, 0.3) is 0 Å². The highest BCUT2D eigenvalue weighted by atomic mass is 127. The number of hydrogen-bond donors (Lipinski definition) is 3. The zero-order valence-corrected chi connectivity index (χ0v) is 14.3. The molecule has 0 saturated heterocycles. The number of aliphatic hydroxyl groups is 1. The van der Waals surface area contributed by atoms with Gasteiger partial charge in [-0.2, -0.15) is 0 Å². The molecule has 2 aromatic carbocycles. The van der Waals surface area contributed by atoms with Crippen molar-refractivity contribution in [2.24, 2.45) is 0 Å². The summed E-state index contributed by atoms with van der Waals surface area (Å²) in [4.78, 5) is 23.5. The molecule has 0 aliphatic rings. The first kappa shape index (κ1) is 17.4. The molecule has 0 radical (unpaired) electrons. The highest BCUT2D eigenvalue weighted by Crippen LogP contribution is 2.14.